The summed E-state index contributed by atoms with van der Waals surface area (Å²) in [5, 5.41) is 21.6. The van der Waals surface area contributed by atoms with Crippen molar-refractivity contribution in [1.82, 2.24) is 15.5 Å². The zero-order chi connectivity index (χ0) is 14.7. The van der Waals surface area contributed by atoms with Gasteiger partial charge in [0.15, 0.2) is 0 Å². The van der Waals surface area contributed by atoms with E-state index in [1.165, 1.54) is 0 Å². The standard InChI is InChI=1S/C15H19N3O3/c1-11-15(19,7-8-20-11)10-16-9-13-17-18-14(21-13)12-5-3-2-4-6-12/h2-6,11,16,19H,7-10H2,1H3. The summed E-state index contributed by atoms with van der Waals surface area (Å²) in [6.45, 7) is 3.35. The Morgan fingerprint density at radius 2 is 2.14 bits per heavy atom. The predicted octanol–water partition coefficient (Wildman–Crippen LogP) is 1.37. The van der Waals surface area contributed by atoms with Gasteiger partial charge in [-0.15, -0.1) is 10.2 Å². The molecule has 3 rings (SSSR count). The molecule has 1 aromatic carbocycles. The number of benzene rings is 1. The van der Waals surface area contributed by atoms with Gasteiger partial charge in [0, 0.05) is 25.1 Å². The summed E-state index contributed by atoms with van der Waals surface area (Å²) in [5.74, 6) is 1.01. The summed E-state index contributed by atoms with van der Waals surface area (Å²) in [5.41, 5.74) is 0.0788. The minimum Gasteiger partial charge on any atom is -0.419 e. The summed E-state index contributed by atoms with van der Waals surface area (Å²) in [6.07, 6.45) is 0.479. The van der Waals surface area contributed by atoms with Gasteiger partial charge in [-0.25, -0.2) is 0 Å². The van der Waals surface area contributed by atoms with Gasteiger partial charge in [0.25, 0.3) is 0 Å². The molecule has 0 radical (unpaired) electrons. The molecule has 2 unspecified atom stereocenters. The van der Waals surface area contributed by atoms with Gasteiger partial charge in [0.05, 0.1) is 12.6 Å². The first-order valence-electron chi connectivity index (χ1n) is 7.10. The van der Waals surface area contributed by atoms with E-state index in [2.05, 4.69) is 15.5 Å². The van der Waals surface area contributed by atoms with E-state index < -0.39 is 5.60 Å². The van der Waals surface area contributed by atoms with Crippen LogP contribution in [0.5, 0.6) is 0 Å². The van der Waals surface area contributed by atoms with E-state index in [-0.39, 0.29) is 6.10 Å². The van der Waals surface area contributed by atoms with E-state index in [0.29, 0.717) is 37.9 Å². The van der Waals surface area contributed by atoms with Crippen LogP contribution in [-0.2, 0) is 11.3 Å². The molecule has 2 heterocycles. The number of nitrogens with one attached hydrogen (secondary N) is 1. The number of nitrogens with zero attached hydrogens (tertiary/aromatic N) is 2. The molecule has 0 bridgehead atoms. The molecule has 1 fully saturated rings. The Hall–Kier alpha value is -1.76. The Labute approximate surface area is 123 Å². The highest BCUT2D eigenvalue weighted by molar-refractivity contribution is 5.51. The highest BCUT2D eigenvalue weighted by Crippen LogP contribution is 2.24. The number of aliphatic hydroxyl groups is 1. The molecule has 0 aliphatic carbocycles. The molecule has 1 aliphatic rings. The van der Waals surface area contributed by atoms with Crippen molar-refractivity contribution in [3.05, 3.63) is 36.2 Å². The van der Waals surface area contributed by atoms with Crippen LogP contribution < -0.4 is 5.32 Å². The maximum atomic E-state index is 10.4. The lowest BCUT2D eigenvalue weighted by atomic mass is 9.97. The van der Waals surface area contributed by atoms with Crippen LogP contribution in [0.25, 0.3) is 11.5 Å². The molecule has 0 saturated carbocycles. The average Bonchev–Trinajstić information content (AvgIpc) is 3.09. The molecule has 0 amide bonds. The average molecular weight is 289 g/mol. The first-order valence-corrected chi connectivity index (χ1v) is 7.10. The Kier molecular flexibility index (Phi) is 4.01. The van der Waals surface area contributed by atoms with Crippen LogP contribution in [0.1, 0.15) is 19.2 Å². The third-order valence-corrected chi connectivity index (χ3v) is 3.85. The van der Waals surface area contributed by atoms with Gasteiger partial charge in [-0.05, 0) is 19.1 Å². The van der Waals surface area contributed by atoms with E-state index in [1.807, 2.05) is 37.3 Å². The molecule has 1 saturated heterocycles. The minimum absolute atomic E-state index is 0.160. The minimum atomic E-state index is -0.817. The Bertz CT molecular complexity index is 587. The Morgan fingerprint density at radius 1 is 1.33 bits per heavy atom. The van der Waals surface area contributed by atoms with Crippen LogP contribution in [0.4, 0.5) is 0 Å². The van der Waals surface area contributed by atoms with Crippen molar-refractivity contribution in [2.24, 2.45) is 0 Å². The lowest BCUT2D eigenvalue weighted by Crippen LogP contribution is -2.45. The first-order chi connectivity index (χ1) is 10.2. The highest BCUT2D eigenvalue weighted by Gasteiger charge is 2.39. The van der Waals surface area contributed by atoms with Crippen molar-refractivity contribution in [2.45, 2.75) is 31.6 Å². The second kappa shape index (κ2) is 5.93. The van der Waals surface area contributed by atoms with Gasteiger partial charge >= 0.3 is 0 Å². The summed E-state index contributed by atoms with van der Waals surface area (Å²) in [4.78, 5) is 0. The molecule has 1 aromatic heterocycles. The molecule has 21 heavy (non-hydrogen) atoms. The van der Waals surface area contributed by atoms with Crippen LogP contribution in [0.3, 0.4) is 0 Å². The Balaban J connectivity index is 1.56. The maximum absolute atomic E-state index is 10.4. The summed E-state index contributed by atoms with van der Waals surface area (Å²) in [7, 11) is 0. The molecule has 112 valence electrons. The van der Waals surface area contributed by atoms with Crippen molar-refractivity contribution < 1.29 is 14.3 Å². The largest absolute Gasteiger partial charge is 0.419 e. The molecular weight excluding hydrogens is 270 g/mol. The van der Waals surface area contributed by atoms with Crippen LogP contribution in [0.2, 0.25) is 0 Å². The van der Waals surface area contributed by atoms with Gasteiger partial charge in [0.2, 0.25) is 11.8 Å². The summed E-state index contributed by atoms with van der Waals surface area (Å²) < 4.78 is 11.0. The van der Waals surface area contributed by atoms with Crippen molar-refractivity contribution in [2.75, 3.05) is 13.2 Å². The molecular formula is C15H19N3O3. The lowest BCUT2D eigenvalue weighted by molar-refractivity contribution is -0.0265. The number of hydrogen-bond donors (Lipinski definition) is 2. The van der Waals surface area contributed by atoms with Crippen LogP contribution in [0.15, 0.2) is 34.7 Å². The van der Waals surface area contributed by atoms with E-state index in [1.54, 1.807) is 0 Å². The fraction of sp³-hybridized carbons (Fsp3) is 0.467. The number of ether oxygens (including phenoxy) is 1. The third kappa shape index (κ3) is 3.12. The lowest BCUT2D eigenvalue weighted by Gasteiger charge is -2.25. The fourth-order valence-corrected chi connectivity index (χ4v) is 2.41. The summed E-state index contributed by atoms with van der Waals surface area (Å²) >= 11 is 0. The molecule has 1 aliphatic heterocycles. The van der Waals surface area contributed by atoms with E-state index >= 15 is 0 Å². The van der Waals surface area contributed by atoms with Crippen LogP contribution in [0, 0.1) is 0 Å². The summed E-state index contributed by atoms with van der Waals surface area (Å²) in [6, 6.07) is 9.63. The topological polar surface area (TPSA) is 80.4 Å². The van der Waals surface area contributed by atoms with E-state index in [9.17, 15) is 5.11 Å². The van der Waals surface area contributed by atoms with Crippen molar-refractivity contribution in [1.29, 1.82) is 0 Å². The molecule has 0 spiro atoms. The zero-order valence-electron chi connectivity index (χ0n) is 12.0. The van der Waals surface area contributed by atoms with Gasteiger partial charge in [0.1, 0.15) is 5.60 Å². The molecule has 2 atom stereocenters. The number of rotatable bonds is 5. The smallest absolute Gasteiger partial charge is 0.247 e. The van der Waals surface area contributed by atoms with Gasteiger partial charge in [-0.3, -0.25) is 0 Å². The van der Waals surface area contributed by atoms with Gasteiger partial charge in [-0.1, -0.05) is 18.2 Å². The zero-order valence-corrected chi connectivity index (χ0v) is 12.0. The van der Waals surface area contributed by atoms with E-state index in [4.69, 9.17) is 9.15 Å². The first kappa shape index (κ1) is 14.2. The Morgan fingerprint density at radius 3 is 2.86 bits per heavy atom. The van der Waals surface area contributed by atoms with Crippen LogP contribution in [-0.4, -0.2) is 40.2 Å². The highest BCUT2D eigenvalue weighted by atomic mass is 16.5. The second-order valence-electron chi connectivity index (χ2n) is 5.34. The molecule has 2 aromatic rings. The quantitative estimate of drug-likeness (QED) is 0.865. The predicted molar refractivity (Wildman–Crippen MR) is 76.4 cm³/mol. The van der Waals surface area contributed by atoms with Gasteiger partial charge < -0.3 is 19.6 Å². The monoisotopic (exact) mass is 289 g/mol. The third-order valence-electron chi connectivity index (χ3n) is 3.85. The van der Waals surface area contributed by atoms with Crippen molar-refractivity contribution in [3.63, 3.8) is 0 Å². The molecule has 6 nitrogen and oxygen atoms in total. The molecule has 6 heteroatoms. The number of aromatic nitrogens is 2. The van der Waals surface area contributed by atoms with Crippen molar-refractivity contribution in [3.8, 4) is 11.5 Å². The van der Waals surface area contributed by atoms with Crippen LogP contribution >= 0.6 is 0 Å². The maximum Gasteiger partial charge on any atom is 0.247 e. The SMILES string of the molecule is CC1OCCC1(O)CNCc1nnc(-c2ccccc2)o1. The molecule has 2 N–H and O–H groups in total. The fourth-order valence-electron chi connectivity index (χ4n) is 2.41. The second-order valence-corrected chi connectivity index (χ2v) is 5.34. The normalized spacial score (nSPS) is 25.3. The number of hydrogen-bond acceptors (Lipinski definition) is 6. The van der Waals surface area contributed by atoms with E-state index in [0.717, 1.165) is 5.56 Å². The van der Waals surface area contributed by atoms with Crippen molar-refractivity contribution >= 4 is 0 Å². The van der Waals surface area contributed by atoms with Gasteiger partial charge in [-0.2, -0.15) is 0 Å².